The molecule has 0 fully saturated rings. The summed E-state index contributed by atoms with van der Waals surface area (Å²) in [5.41, 5.74) is -3.48. The van der Waals surface area contributed by atoms with Crippen LogP contribution in [0.5, 0.6) is 17.4 Å². The zero-order valence-electron chi connectivity index (χ0n) is 23.3. The second-order valence-corrected chi connectivity index (χ2v) is 9.56. The molecule has 2 aromatic rings. The van der Waals surface area contributed by atoms with E-state index in [4.69, 9.17) is 18.9 Å². The van der Waals surface area contributed by atoms with Crippen LogP contribution in [0.15, 0.2) is 33.9 Å². The third-order valence-corrected chi connectivity index (χ3v) is 5.51. The number of nitrogens with zero attached hydrogens (tertiary/aromatic N) is 3. The number of rotatable bonds is 16. The maximum absolute atomic E-state index is 12.7. The molecule has 2 rings (SSSR count). The second kappa shape index (κ2) is 15.0. The van der Waals surface area contributed by atoms with E-state index in [2.05, 4.69) is 5.10 Å². The third-order valence-electron chi connectivity index (χ3n) is 5.51. The van der Waals surface area contributed by atoms with Crippen LogP contribution in [0.3, 0.4) is 0 Å². The Morgan fingerprint density at radius 3 is 2.10 bits per heavy atom. The number of aromatic nitrogens is 3. The van der Waals surface area contributed by atoms with Crippen molar-refractivity contribution in [3.05, 3.63) is 45.1 Å². The zero-order valence-corrected chi connectivity index (χ0v) is 23.3. The highest BCUT2D eigenvalue weighted by molar-refractivity contribution is 5.79. The molecule has 1 aromatic heterocycles. The van der Waals surface area contributed by atoms with Gasteiger partial charge in [0.15, 0.2) is 5.60 Å². The fourth-order valence-corrected chi connectivity index (χ4v) is 3.52. The number of carbonyl (C=O) groups excluding carboxylic acids is 1. The van der Waals surface area contributed by atoms with Crippen molar-refractivity contribution < 1.29 is 50.1 Å². The molecule has 1 heterocycles. The van der Waals surface area contributed by atoms with Crippen LogP contribution in [-0.4, -0.2) is 58.1 Å². The monoisotopic (exact) mass is 613 g/mol. The van der Waals surface area contributed by atoms with Gasteiger partial charge in [0.05, 0.1) is 19.8 Å². The molecule has 0 N–H and O–H groups in total. The first-order valence-electron chi connectivity index (χ1n) is 13.1. The lowest BCUT2D eigenvalue weighted by Crippen LogP contribution is -2.42. The lowest BCUT2D eigenvalue weighted by molar-refractivity contribution is -0.158. The summed E-state index contributed by atoms with van der Waals surface area (Å²) in [6, 6.07) is 6.42. The predicted octanol–water partition coefficient (Wildman–Crippen LogP) is 4.66. The molecule has 10 nitrogen and oxygen atoms in total. The quantitative estimate of drug-likeness (QED) is 0.153. The first-order valence-corrected chi connectivity index (χ1v) is 13.1. The molecule has 0 unspecified atom stereocenters. The van der Waals surface area contributed by atoms with Crippen molar-refractivity contribution in [1.29, 1.82) is 0 Å². The number of carbonyl (C=O) groups is 1. The van der Waals surface area contributed by atoms with Gasteiger partial charge in [-0.1, -0.05) is 6.07 Å². The molecular weight excluding hydrogens is 580 g/mol. The Labute approximate surface area is 237 Å². The first kappa shape index (κ1) is 34.5. The number of esters is 1. The lowest BCUT2D eigenvalue weighted by atomic mass is 10.1. The number of halogens is 6. The normalized spacial score (nSPS) is 12.2. The molecule has 0 saturated carbocycles. The molecule has 0 bridgehead atoms. The van der Waals surface area contributed by atoms with Gasteiger partial charge in [-0.3, -0.25) is 9.36 Å². The number of alkyl halides is 6. The van der Waals surface area contributed by atoms with Gasteiger partial charge in [-0.15, -0.1) is 5.10 Å². The van der Waals surface area contributed by atoms with E-state index in [1.165, 1.54) is 0 Å². The van der Waals surface area contributed by atoms with Crippen LogP contribution in [0.2, 0.25) is 0 Å². The second-order valence-electron chi connectivity index (χ2n) is 9.56. The summed E-state index contributed by atoms with van der Waals surface area (Å²) in [5.74, 6) is -0.459. The van der Waals surface area contributed by atoms with E-state index in [0.29, 0.717) is 20.7 Å². The molecule has 0 radical (unpaired) electrons. The van der Waals surface area contributed by atoms with Crippen LogP contribution in [0.1, 0.15) is 52.9 Å². The molecule has 0 atom stereocenters. The lowest BCUT2D eigenvalue weighted by Gasteiger charge is -2.24. The van der Waals surface area contributed by atoms with Crippen molar-refractivity contribution in [2.45, 2.75) is 83.9 Å². The predicted molar refractivity (Wildman–Crippen MR) is 137 cm³/mol. The Kier molecular flexibility index (Phi) is 12.3. The van der Waals surface area contributed by atoms with Gasteiger partial charge < -0.3 is 18.9 Å². The molecule has 0 aliphatic rings. The number of aryl methyl sites for hydroxylation is 1. The Hall–Kier alpha value is -3.72. The van der Waals surface area contributed by atoms with E-state index >= 15 is 0 Å². The highest BCUT2D eigenvalue weighted by Crippen LogP contribution is 2.25. The van der Waals surface area contributed by atoms with E-state index in [1.54, 1.807) is 45.0 Å². The van der Waals surface area contributed by atoms with Crippen molar-refractivity contribution in [3.63, 3.8) is 0 Å². The van der Waals surface area contributed by atoms with E-state index in [-0.39, 0.29) is 26.2 Å². The van der Waals surface area contributed by atoms with Crippen molar-refractivity contribution in [1.82, 2.24) is 14.3 Å². The van der Waals surface area contributed by atoms with E-state index < -0.39 is 79.8 Å². The smallest absolute Gasteiger partial charge is 0.389 e. The fourth-order valence-electron chi connectivity index (χ4n) is 3.52. The summed E-state index contributed by atoms with van der Waals surface area (Å²) < 4.78 is 98.0. The van der Waals surface area contributed by atoms with E-state index in [0.717, 1.165) is 0 Å². The third kappa shape index (κ3) is 11.6. The van der Waals surface area contributed by atoms with Crippen molar-refractivity contribution in [2.24, 2.45) is 0 Å². The molecule has 0 amide bonds. The summed E-state index contributed by atoms with van der Waals surface area (Å²) in [6.45, 7) is 3.71. The van der Waals surface area contributed by atoms with Gasteiger partial charge in [0.25, 0.3) is 5.88 Å². The topological polar surface area (TPSA) is 111 Å². The minimum Gasteiger partial charge on any atom is -0.493 e. The summed E-state index contributed by atoms with van der Waals surface area (Å²) >= 11 is 0. The molecule has 16 heteroatoms. The Balaban J connectivity index is 2.04. The van der Waals surface area contributed by atoms with E-state index in [9.17, 15) is 40.7 Å². The SMILES string of the molecule is CCOC(=O)C(C)(C)Oc1cccc(OCCCOc2nn(CCCC(F)(F)F)c(=O)n(CCCC(F)(F)F)c2=O)c1. The number of hydrogen-bond acceptors (Lipinski definition) is 8. The maximum atomic E-state index is 12.7. The van der Waals surface area contributed by atoms with Crippen molar-refractivity contribution in [3.8, 4) is 17.4 Å². The van der Waals surface area contributed by atoms with Crippen LogP contribution < -0.4 is 25.5 Å². The maximum Gasteiger partial charge on any atom is 0.389 e. The van der Waals surface area contributed by atoms with Gasteiger partial charge in [0.1, 0.15) is 11.5 Å². The highest BCUT2D eigenvalue weighted by atomic mass is 19.4. The van der Waals surface area contributed by atoms with Crippen molar-refractivity contribution >= 4 is 5.97 Å². The summed E-state index contributed by atoms with van der Waals surface area (Å²) in [4.78, 5) is 37.3. The number of benzene rings is 1. The van der Waals surface area contributed by atoms with Crippen LogP contribution in [0.25, 0.3) is 0 Å². The minimum atomic E-state index is -4.52. The van der Waals surface area contributed by atoms with Crippen LogP contribution >= 0.6 is 0 Å². The van der Waals surface area contributed by atoms with Gasteiger partial charge in [-0.05, 0) is 45.7 Å². The Bertz CT molecular complexity index is 1290. The average molecular weight is 614 g/mol. The molecular formula is C26H33F6N3O7. The molecule has 0 spiro atoms. The molecule has 0 aliphatic carbocycles. The molecule has 0 aliphatic heterocycles. The van der Waals surface area contributed by atoms with Gasteiger partial charge in [-0.2, -0.15) is 26.3 Å². The number of ether oxygens (including phenoxy) is 4. The molecule has 1 aromatic carbocycles. The van der Waals surface area contributed by atoms with Crippen LogP contribution in [-0.2, 0) is 22.6 Å². The first-order chi connectivity index (χ1) is 19.5. The zero-order chi connectivity index (χ0) is 31.6. The molecule has 42 heavy (non-hydrogen) atoms. The average Bonchev–Trinajstić information content (AvgIpc) is 2.87. The summed E-state index contributed by atoms with van der Waals surface area (Å²) in [7, 11) is 0. The van der Waals surface area contributed by atoms with Crippen LogP contribution in [0, 0.1) is 0 Å². The Morgan fingerprint density at radius 1 is 0.881 bits per heavy atom. The summed E-state index contributed by atoms with van der Waals surface area (Å²) in [6.07, 6.45) is -12.5. The Morgan fingerprint density at radius 2 is 1.48 bits per heavy atom. The highest BCUT2D eigenvalue weighted by Gasteiger charge is 2.32. The molecule has 236 valence electrons. The molecule has 0 saturated heterocycles. The fraction of sp³-hybridized carbons (Fsp3) is 0.615. The number of hydrogen-bond donors (Lipinski definition) is 0. The summed E-state index contributed by atoms with van der Waals surface area (Å²) in [5, 5.41) is 3.70. The van der Waals surface area contributed by atoms with Crippen molar-refractivity contribution in [2.75, 3.05) is 19.8 Å². The van der Waals surface area contributed by atoms with E-state index in [1.807, 2.05) is 0 Å². The van der Waals surface area contributed by atoms with Gasteiger partial charge in [0.2, 0.25) is 0 Å². The van der Waals surface area contributed by atoms with Gasteiger partial charge in [0, 0.05) is 38.4 Å². The largest absolute Gasteiger partial charge is 0.493 e. The van der Waals surface area contributed by atoms with Gasteiger partial charge >= 0.3 is 29.6 Å². The van der Waals surface area contributed by atoms with Crippen LogP contribution in [0.4, 0.5) is 26.3 Å². The minimum absolute atomic E-state index is 0.0652. The van der Waals surface area contributed by atoms with Gasteiger partial charge in [-0.25, -0.2) is 14.3 Å². The standard InChI is InChI=1S/C26H33F6N3O7/c1-4-39-22(37)24(2,3)42-19-10-5-9-18(17-19)40-15-8-16-41-20-21(36)34(13-6-11-25(27,28)29)23(38)35(33-20)14-7-12-26(30,31)32/h5,9-10,17H,4,6-8,11-16H2,1-3H3.